The zero-order valence-corrected chi connectivity index (χ0v) is 19.5. The van der Waals surface area contributed by atoms with Gasteiger partial charge in [0, 0.05) is 12.4 Å². The number of methoxy groups -OCH3 is 2. The molecule has 4 rings (SSSR count). The first-order chi connectivity index (χ1) is 16.0. The van der Waals surface area contributed by atoms with Gasteiger partial charge in [0.15, 0.2) is 16.3 Å². The largest absolute Gasteiger partial charge is 0.493 e. The maximum Gasteiger partial charge on any atom is 0.338 e. The predicted molar refractivity (Wildman–Crippen MR) is 124 cm³/mol. The highest BCUT2D eigenvalue weighted by Gasteiger charge is 2.33. The summed E-state index contributed by atoms with van der Waals surface area (Å²) >= 11 is 1.27. The fourth-order valence-electron chi connectivity index (χ4n) is 3.74. The van der Waals surface area contributed by atoms with E-state index in [2.05, 4.69) is 9.98 Å². The Morgan fingerprint density at radius 3 is 2.55 bits per heavy atom. The summed E-state index contributed by atoms with van der Waals surface area (Å²) in [5.41, 5.74) is 2.10. The molecule has 1 atom stereocenters. The lowest BCUT2D eigenvalue weighted by atomic mass is 9.95. The Hall–Kier alpha value is -3.72. The van der Waals surface area contributed by atoms with Gasteiger partial charge in [-0.2, -0.15) is 0 Å². The zero-order chi connectivity index (χ0) is 23.5. The number of hydrogen-bond acceptors (Lipinski definition) is 8. The molecule has 1 aromatic carbocycles. The van der Waals surface area contributed by atoms with Crippen LogP contribution in [0.5, 0.6) is 11.5 Å². The van der Waals surface area contributed by atoms with E-state index in [4.69, 9.17) is 14.2 Å². The summed E-state index contributed by atoms with van der Waals surface area (Å²) in [7, 11) is 3.09. The average molecular weight is 466 g/mol. The van der Waals surface area contributed by atoms with Gasteiger partial charge in [0.05, 0.1) is 42.7 Å². The molecule has 0 aliphatic carbocycles. The summed E-state index contributed by atoms with van der Waals surface area (Å²) in [6.45, 7) is 3.70. The molecule has 1 aliphatic heterocycles. The smallest absolute Gasteiger partial charge is 0.338 e. The number of pyridine rings is 1. The number of carbonyl (C=O) groups excluding carboxylic acids is 1. The van der Waals surface area contributed by atoms with Gasteiger partial charge in [0.25, 0.3) is 5.56 Å². The minimum Gasteiger partial charge on any atom is -0.493 e. The maximum atomic E-state index is 13.5. The van der Waals surface area contributed by atoms with Crippen molar-refractivity contribution >= 4 is 23.4 Å². The summed E-state index contributed by atoms with van der Waals surface area (Å²) in [5, 5.41) is 0. The second-order valence-electron chi connectivity index (χ2n) is 7.20. The number of ether oxygens (including phenoxy) is 3. The molecule has 0 spiro atoms. The summed E-state index contributed by atoms with van der Waals surface area (Å²) in [6.07, 6.45) is 5.12. The molecule has 3 aromatic rings. The third-order valence-corrected chi connectivity index (χ3v) is 6.23. The van der Waals surface area contributed by atoms with Crippen LogP contribution in [-0.2, 0) is 9.53 Å². The molecule has 0 radical (unpaired) electrons. The maximum absolute atomic E-state index is 13.5. The summed E-state index contributed by atoms with van der Waals surface area (Å²) in [6, 6.07) is 8.24. The highest BCUT2D eigenvalue weighted by molar-refractivity contribution is 7.07. The van der Waals surface area contributed by atoms with Crippen LogP contribution in [-0.4, -0.2) is 36.3 Å². The lowest BCUT2D eigenvalue weighted by molar-refractivity contribution is -0.139. The molecule has 9 heteroatoms. The number of nitrogens with zero attached hydrogens (tertiary/aromatic N) is 3. The van der Waals surface area contributed by atoms with Crippen LogP contribution >= 0.6 is 11.3 Å². The second kappa shape index (κ2) is 9.41. The van der Waals surface area contributed by atoms with Crippen LogP contribution < -0.4 is 24.4 Å². The van der Waals surface area contributed by atoms with Crippen LogP contribution in [0.4, 0.5) is 0 Å². The molecule has 0 bridgehead atoms. The molecule has 0 saturated heterocycles. The van der Waals surface area contributed by atoms with E-state index in [9.17, 15) is 9.59 Å². The fourth-order valence-corrected chi connectivity index (χ4v) is 4.79. The van der Waals surface area contributed by atoms with Crippen molar-refractivity contribution in [2.45, 2.75) is 19.9 Å². The summed E-state index contributed by atoms with van der Waals surface area (Å²) in [5.74, 6) is 0.526. The summed E-state index contributed by atoms with van der Waals surface area (Å²) in [4.78, 5) is 35.6. The van der Waals surface area contributed by atoms with Gasteiger partial charge in [0.1, 0.15) is 0 Å². The number of esters is 1. The number of carbonyl (C=O) groups is 1. The molecule has 33 heavy (non-hydrogen) atoms. The van der Waals surface area contributed by atoms with Crippen LogP contribution in [0.1, 0.15) is 31.0 Å². The first-order valence-corrected chi connectivity index (χ1v) is 11.1. The van der Waals surface area contributed by atoms with Crippen LogP contribution in [0, 0.1) is 0 Å². The SMILES string of the molecule is CCOC(=O)C1=C(C)N=c2s/c(=C\c3ccncc3)c(=O)n2[C@@H]1c1ccc(OC)c(OC)c1. The predicted octanol–water partition coefficient (Wildman–Crippen LogP) is 2.21. The number of hydrogen-bond donors (Lipinski definition) is 0. The monoisotopic (exact) mass is 465 g/mol. The number of aromatic nitrogens is 2. The zero-order valence-electron chi connectivity index (χ0n) is 18.7. The molecule has 0 N–H and O–H groups in total. The third-order valence-electron chi connectivity index (χ3n) is 5.24. The van der Waals surface area contributed by atoms with Gasteiger partial charge < -0.3 is 14.2 Å². The number of benzene rings is 1. The molecule has 3 heterocycles. The highest BCUT2D eigenvalue weighted by atomic mass is 32.1. The van der Waals surface area contributed by atoms with Crippen molar-refractivity contribution in [3.05, 3.63) is 84.8 Å². The fraction of sp³-hybridized carbons (Fsp3) is 0.250. The average Bonchev–Trinajstić information content (AvgIpc) is 3.12. The lowest BCUT2D eigenvalue weighted by Crippen LogP contribution is -2.39. The molecule has 0 amide bonds. The van der Waals surface area contributed by atoms with Gasteiger partial charge in [-0.1, -0.05) is 17.4 Å². The quantitative estimate of drug-likeness (QED) is 0.519. The van der Waals surface area contributed by atoms with E-state index >= 15 is 0 Å². The molecule has 170 valence electrons. The normalized spacial score (nSPS) is 15.6. The molecule has 8 nitrogen and oxygen atoms in total. The van der Waals surface area contributed by atoms with Gasteiger partial charge in [-0.25, -0.2) is 9.79 Å². The number of rotatable bonds is 6. The minimum atomic E-state index is -0.723. The van der Waals surface area contributed by atoms with Crippen molar-refractivity contribution in [1.29, 1.82) is 0 Å². The van der Waals surface area contributed by atoms with Crippen molar-refractivity contribution in [3.8, 4) is 11.5 Å². The van der Waals surface area contributed by atoms with E-state index in [1.165, 1.54) is 23.0 Å². The minimum absolute atomic E-state index is 0.209. The van der Waals surface area contributed by atoms with Crippen molar-refractivity contribution in [1.82, 2.24) is 9.55 Å². The lowest BCUT2D eigenvalue weighted by Gasteiger charge is -2.25. The Bertz CT molecular complexity index is 1410. The van der Waals surface area contributed by atoms with Crippen molar-refractivity contribution in [2.24, 2.45) is 4.99 Å². The van der Waals surface area contributed by atoms with E-state index in [1.807, 2.05) is 18.2 Å². The van der Waals surface area contributed by atoms with Crippen LogP contribution in [0.25, 0.3) is 6.08 Å². The second-order valence-corrected chi connectivity index (χ2v) is 8.21. The Labute approximate surface area is 194 Å². The number of fused-ring (bicyclic) bond motifs is 1. The van der Waals surface area contributed by atoms with E-state index in [1.54, 1.807) is 51.6 Å². The highest BCUT2D eigenvalue weighted by Crippen LogP contribution is 2.36. The van der Waals surface area contributed by atoms with E-state index < -0.39 is 12.0 Å². The molecule has 2 aromatic heterocycles. The Morgan fingerprint density at radius 2 is 1.88 bits per heavy atom. The summed E-state index contributed by atoms with van der Waals surface area (Å²) < 4.78 is 18.2. The van der Waals surface area contributed by atoms with Crippen molar-refractivity contribution < 1.29 is 19.0 Å². The molecule has 0 fully saturated rings. The van der Waals surface area contributed by atoms with Crippen molar-refractivity contribution in [2.75, 3.05) is 20.8 Å². The first kappa shape index (κ1) is 22.5. The Kier molecular flexibility index (Phi) is 6.41. The molecular formula is C24H23N3O5S. The first-order valence-electron chi connectivity index (χ1n) is 10.3. The van der Waals surface area contributed by atoms with Gasteiger partial charge >= 0.3 is 5.97 Å². The van der Waals surface area contributed by atoms with Gasteiger partial charge in [-0.3, -0.25) is 14.3 Å². The number of thiazole rings is 1. The topological polar surface area (TPSA) is 92.0 Å². The Balaban J connectivity index is 1.98. The van der Waals surface area contributed by atoms with Crippen LogP contribution in [0.3, 0.4) is 0 Å². The molecular weight excluding hydrogens is 442 g/mol. The van der Waals surface area contributed by atoms with Gasteiger partial charge in [0.2, 0.25) is 0 Å². The standard InChI is InChI=1S/C24H23N3O5S/c1-5-32-23(29)20-14(2)26-24-27(21(20)16-6-7-17(30-3)18(13-16)31-4)22(28)19(33-24)12-15-8-10-25-11-9-15/h6-13,21H,5H2,1-4H3/b19-12-/t21-/m1/s1. The molecule has 0 unspecified atom stereocenters. The van der Waals surface area contributed by atoms with Crippen LogP contribution in [0.15, 0.2) is 63.8 Å². The number of allylic oxidation sites excluding steroid dienone is 1. The van der Waals surface area contributed by atoms with Crippen molar-refractivity contribution in [3.63, 3.8) is 0 Å². The van der Waals surface area contributed by atoms with Gasteiger partial charge in [-0.05, 0) is 55.3 Å². The van der Waals surface area contributed by atoms with E-state index in [-0.39, 0.29) is 12.2 Å². The van der Waals surface area contributed by atoms with Crippen LogP contribution in [0.2, 0.25) is 0 Å². The molecule has 1 aliphatic rings. The van der Waals surface area contributed by atoms with E-state index in [0.717, 1.165) is 5.56 Å². The Morgan fingerprint density at radius 1 is 1.15 bits per heavy atom. The third kappa shape index (κ3) is 4.19. The van der Waals surface area contributed by atoms with Gasteiger partial charge in [-0.15, -0.1) is 0 Å². The molecule has 0 saturated carbocycles. The van der Waals surface area contributed by atoms with E-state index in [0.29, 0.717) is 37.7 Å².